The number of aromatic nitrogens is 1. The van der Waals surface area contributed by atoms with E-state index in [0.717, 1.165) is 30.9 Å². The molecule has 0 radical (unpaired) electrons. The van der Waals surface area contributed by atoms with Gasteiger partial charge in [-0.15, -0.1) is 0 Å². The molecule has 0 fully saturated rings. The molecule has 0 N–H and O–H groups in total. The van der Waals surface area contributed by atoms with Crippen LogP contribution < -0.4 is 9.80 Å². The summed E-state index contributed by atoms with van der Waals surface area (Å²) >= 11 is 0. The Kier molecular flexibility index (Phi) is 11.6. The van der Waals surface area contributed by atoms with Gasteiger partial charge in [0.25, 0.3) is 0 Å². The van der Waals surface area contributed by atoms with Crippen molar-refractivity contribution < 1.29 is 0 Å². The van der Waals surface area contributed by atoms with Gasteiger partial charge < -0.3 is 9.80 Å². The maximum Gasteiger partial charge on any atom is 0.127 e. The van der Waals surface area contributed by atoms with Crippen LogP contribution in [0, 0.1) is 11.8 Å². The van der Waals surface area contributed by atoms with Gasteiger partial charge in [-0.1, -0.05) is 76.7 Å². The monoisotopic (exact) mass is 419 g/mol. The highest BCUT2D eigenvalue weighted by Crippen LogP contribution is 2.20. The lowest BCUT2D eigenvalue weighted by Crippen LogP contribution is -2.24. The first-order valence-corrected chi connectivity index (χ1v) is 12.1. The predicted molar refractivity (Wildman–Crippen MR) is 136 cm³/mol. The van der Waals surface area contributed by atoms with Crippen LogP contribution in [0.2, 0.25) is 0 Å². The van der Waals surface area contributed by atoms with Crippen molar-refractivity contribution in [2.45, 2.75) is 78.2 Å². The number of benzene rings is 1. The molecule has 0 bridgehead atoms. The smallest absolute Gasteiger partial charge is 0.127 e. The molecular formula is C28H41N3. The summed E-state index contributed by atoms with van der Waals surface area (Å²) in [5.74, 6) is 7.38. The first kappa shape index (κ1) is 24.8. The molecule has 3 nitrogen and oxygen atoms in total. The van der Waals surface area contributed by atoms with Gasteiger partial charge in [0, 0.05) is 51.1 Å². The normalized spacial score (nSPS) is 10.5. The van der Waals surface area contributed by atoms with Crippen LogP contribution in [0.25, 0.3) is 0 Å². The Labute approximate surface area is 190 Å². The van der Waals surface area contributed by atoms with Crippen LogP contribution >= 0.6 is 0 Å². The number of nitrogens with zero attached hydrogens (tertiary/aromatic N) is 3. The van der Waals surface area contributed by atoms with Gasteiger partial charge in [0.05, 0.1) is 0 Å². The van der Waals surface area contributed by atoms with Crippen molar-refractivity contribution in [1.82, 2.24) is 4.98 Å². The Bertz CT molecular complexity index is 782. The van der Waals surface area contributed by atoms with Crippen LogP contribution in [0.4, 0.5) is 11.5 Å². The molecule has 0 saturated carbocycles. The molecule has 168 valence electrons. The van der Waals surface area contributed by atoms with Gasteiger partial charge in [0.1, 0.15) is 5.82 Å². The number of hydrogen-bond donors (Lipinski definition) is 0. The number of rotatable bonds is 13. The highest BCUT2D eigenvalue weighted by molar-refractivity contribution is 5.51. The van der Waals surface area contributed by atoms with Gasteiger partial charge in [-0.3, -0.25) is 0 Å². The zero-order valence-electron chi connectivity index (χ0n) is 20.2. The van der Waals surface area contributed by atoms with E-state index in [9.17, 15) is 0 Å². The van der Waals surface area contributed by atoms with Crippen LogP contribution in [-0.2, 0) is 6.54 Å². The minimum absolute atomic E-state index is 0.886. The minimum atomic E-state index is 0.886. The Morgan fingerprint density at radius 1 is 0.806 bits per heavy atom. The average molecular weight is 420 g/mol. The number of anilines is 2. The molecule has 0 aliphatic rings. The van der Waals surface area contributed by atoms with Crippen molar-refractivity contribution >= 4 is 11.5 Å². The second kappa shape index (κ2) is 14.5. The maximum atomic E-state index is 4.60. The molecule has 1 aromatic heterocycles. The third kappa shape index (κ3) is 9.47. The molecule has 1 heterocycles. The molecule has 31 heavy (non-hydrogen) atoms. The van der Waals surface area contributed by atoms with Gasteiger partial charge in [-0.2, -0.15) is 0 Å². The zero-order valence-corrected chi connectivity index (χ0v) is 20.2. The van der Waals surface area contributed by atoms with Crippen LogP contribution in [0.5, 0.6) is 0 Å². The summed E-state index contributed by atoms with van der Waals surface area (Å²) in [5.41, 5.74) is 3.61. The molecular weight excluding hydrogens is 378 g/mol. The van der Waals surface area contributed by atoms with Crippen LogP contribution in [0.3, 0.4) is 0 Å². The first-order chi connectivity index (χ1) is 15.1. The third-order valence-electron chi connectivity index (χ3n) is 5.56. The van der Waals surface area contributed by atoms with Crippen molar-refractivity contribution in [3.05, 3.63) is 53.7 Å². The Morgan fingerprint density at radius 2 is 1.48 bits per heavy atom. The number of pyridine rings is 1. The quantitative estimate of drug-likeness (QED) is 0.256. The van der Waals surface area contributed by atoms with E-state index >= 15 is 0 Å². The Morgan fingerprint density at radius 3 is 2.06 bits per heavy atom. The maximum absolute atomic E-state index is 4.60. The van der Waals surface area contributed by atoms with Crippen molar-refractivity contribution in [2.24, 2.45) is 0 Å². The minimum Gasteiger partial charge on any atom is -0.367 e. The molecule has 0 spiro atoms. The van der Waals surface area contributed by atoms with E-state index in [1.807, 2.05) is 25.2 Å². The lowest BCUT2D eigenvalue weighted by Gasteiger charge is -2.25. The molecule has 0 unspecified atom stereocenters. The van der Waals surface area contributed by atoms with E-state index in [-0.39, 0.29) is 0 Å². The second-order valence-corrected chi connectivity index (χ2v) is 8.52. The van der Waals surface area contributed by atoms with Crippen molar-refractivity contribution in [1.29, 1.82) is 0 Å². The van der Waals surface area contributed by atoms with Gasteiger partial charge in [0.2, 0.25) is 0 Å². The topological polar surface area (TPSA) is 19.4 Å². The Hall–Kier alpha value is -2.47. The number of unbranched alkanes of at least 4 members (excludes halogenated alkanes) is 7. The van der Waals surface area contributed by atoms with E-state index in [1.54, 1.807) is 0 Å². The van der Waals surface area contributed by atoms with E-state index in [2.05, 4.69) is 72.0 Å². The fraction of sp³-hybridized carbons (Fsp3) is 0.536. The second-order valence-electron chi connectivity index (χ2n) is 8.52. The van der Waals surface area contributed by atoms with Gasteiger partial charge >= 0.3 is 0 Å². The van der Waals surface area contributed by atoms with Crippen LogP contribution in [0.15, 0.2) is 42.6 Å². The zero-order chi connectivity index (χ0) is 22.3. The lowest BCUT2D eigenvalue weighted by atomic mass is 10.1. The molecule has 1 aromatic carbocycles. The molecule has 0 saturated heterocycles. The summed E-state index contributed by atoms with van der Waals surface area (Å²) in [5, 5.41) is 0. The largest absolute Gasteiger partial charge is 0.367 e. The van der Waals surface area contributed by atoms with E-state index in [4.69, 9.17) is 0 Å². The lowest BCUT2D eigenvalue weighted by molar-refractivity contribution is 0.571. The van der Waals surface area contributed by atoms with E-state index in [1.165, 1.54) is 62.6 Å². The highest BCUT2D eigenvalue weighted by atomic mass is 15.1. The van der Waals surface area contributed by atoms with E-state index in [0.29, 0.717) is 0 Å². The Balaban J connectivity index is 1.97. The van der Waals surface area contributed by atoms with Crippen LogP contribution in [-0.4, -0.2) is 25.6 Å². The summed E-state index contributed by atoms with van der Waals surface area (Å²) in [6.45, 7) is 6.32. The average Bonchev–Trinajstić information content (AvgIpc) is 2.79. The van der Waals surface area contributed by atoms with Crippen molar-refractivity contribution in [2.75, 3.05) is 30.4 Å². The fourth-order valence-corrected chi connectivity index (χ4v) is 3.68. The molecule has 0 aliphatic heterocycles. The third-order valence-corrected chi connectivity index (χ3v) is 5.56. The summed E-state index contributed by atoms with van der Waals surface area (Å²) in [4.78, 5) is 9.13. The molecule has 0 aliphatic carbocycles. The summed E-state index contributed by atoms with van der Waals surface area (Å²) in [6, 6.07) is 13.0. The molecule has 0 amide bonds. The molecule has 0 atom stereocenters. The standard InChI is InChI=1S/C28H41N3/c1-5-7-9-10-11-12-13-14-22-31(24-26-18-21-28(29-23-26)30(3)4)27-19-16-25(17-20-27)15-8-6-2/h16-21,23H,5-7,9-14,22,24H2,1-4H3. The first-order valence-electron chi connectivity index (χ1n) is 12.1. The molecule has 2 aromatic rings. The van der Waals surface area contributed by atoms with Crippen molar-refractivity contribution in [3.63, 3.8) is 0 Å². The summed E-state index contributed by atoms with van der Waals surface area (Å²) in [6.07, 6.45) is 13.7. The van der Waals surface area contributed by atoms with Gasteiger partial charge in [0.15, 0.2) is 0 Å². The predicted octanol–water partition coefficient (Wildman–Crippen LogP) is 7.06. The SMILES string of the molecule is CCC#Cc1ccc(N(CCCCCCCCCC)Cc2ccc(N(C)C)nc2)cc1. The van der Waals surface area contributed by atoms with Crippen molar-refractivity contribution in [3.8, 4) is 11.8 Å². The van der Waals surface area contributed by atoms with Gasteiger partial charge in [-0.25, -0.2) is 4.98 Å². The summed E-state index contributed by atoms with van der Waals surface area (Å²) < 4.78 is 0. The molecule has 3 heteroatoms. The summed E-state index contributed by atoms with van der Waals surface area (Å²) in [7, 11) is 4.05. The number of hydrogen-bond acceptors (Lipinski definition) is 3. The van der Waals surface area contributed by atoms with E-state index < -0.39 is 0 Å². The fourth-order valence-electron chi connectivity index (χ4n) is 3.68. The van der Waals surface area contributed by atoms with Gasteiger partial charge in [-0.05, 0) is 42.3 Å². The molecule has 2 rings (SSSR count). The highest BCUT2D eigenvalue weighted by Gasteiger charge is 2.09. The van der Waals surface area contributed by atoms with Crippen LogP contribution in [0.1, 0.15) is 82.8 Å².